The van der Waals surface area contributed by atoms with Gasteiger partial charge in [-0.1, -0.05) is 24.3 Å². The van der Waals surface area contributed by atoms with E-state index in [1.807, 2.05) is 43.3 Å². The lowest BCUT2D eigenvalue weighted by Gasteiger charge is -2.14. The number of benzene rings is 2. The molecule has 7 heteroatoms. The second-order valence-electron chi connectivity index (χ2n) is 6.48. The van der Waals surface area contributed by atoms with Gasteiger partial charge in [-0.15, -0.1) is 24.0 Å². The van der Waals surface area contributed by atoms with Crippen LogP contribution in [0, 0.1) is 6.92 Å². The van der Waals surface area contributed by atoms with Gasteiger partial charge in [-0.2, -0.15) is 0 Å². The second kappa shape index (κ2) is 11.5. The standard InChI is InChI=1S/C21H28N4O2.HI/c1-15-6-7-17(12-19(15)27-5)14-24-21(22-2)23-13-16-8-10-18(11-9-16)20(26)25(3)4;/h6-12H,13-14H2,1-5H3,(H2,22,23,24);1H. The molecule has 2 aromatic carbocycles. The Kier molecular flexibility index (Phi) is 9.78. The van der Waals surface area contributed by atoms with Gasteiger partial charge >= 0.3 is 0 Å². The van der Waals surface area contributed by atoms with Crippen LogP contribution in [0.25, 0.3) is 0 Å². The Morgan fingerprint density at radius 1 is 1.04 bits per heavy atom. The number of rotatable bonds is 6. The summed E-state index contributed by atoms with van der Waals surface area (Å²) in [5.74, 6) is 1.59. The Morgan fingerprint density at radius 2 is 1.61 bits per heavy atom. The second-order valence-corrected chi connectivity index (χ2v) is 6.48. The van der Waals surface area contributed by atoms with Gasteiger partial charge in [0.05, 0.1) is 7.11 Å². The van der Waals surface area contributed by atoms with Crippen molar-refractivity contribution < 1.29 is 9.53 Å². The number of halogens is 1. The molecule has 0 aliphatic heterocycles. The Labute approximate surface area is 184 Å². The fourth-order valence-corrected chi connectivity index (χ4v) is 2.59. The minimum absolute atomic E-state index is 0. The van der Waals surface area contributed by atoms with Crippen molar-refractivity contribution in [1.82, 2.24) is 15.5 Å². The van der Waals surface area contributed by atoms with E-state index < -0.39 is 0 Å². The SMILES string of the molecule is CN=C(NCc1ccc(C(=O)N(C)C)cc1)NCc1ccc(C)c(OC)c1.I. The minimum Gasteiger partial charge on any atom is -0.496 e. The van der Waals surface area contributed by atoms with Gasteiger partial charge < -0.3 is 20.3 Å². The molecular weight excluding hydrogens is 467 g/mol. The van der Waals surface area contributed by atoms with Crippen LogP contribution in [-0.4, -0.2) is 45.0 Å². The molecular formula is C21H29IN4O2. The fourth-order valence-electron chi connectivity index (χ4n) is 2.59. The molecule has 28 heavy (non-hydrogen) atoms. The molecule has 1 amide bonds. The third-order valence-electron chi connectivity index (χ3n) is 4.22. The lowest BCUT2D eigenvalue weighted by molar-refractivity contribution is 0.0827. The van der Waals surface area contributed by atoms with Crippen LogP contribution in [0.5, 0.6) is 5.75 Å². The highest BCUT2D eigenvalue weighted by molar-refractivity contribution is 14.0. The largest absolute Gasteiger partial charge is 0.496 e. The van der Waals surface area contributed by atoms with Crippen molar-refractivity contribution in [3.63, 3.8) is 0 Å². The van der Waals surface area contributed by atoms with E-state index >= 15 is 0 Å². The predicted molar refractivity (Wildman–Crippen MR) is 125 cm³/mol. The highest BCUT2D eigenvalue weighted by Crippen LogP contribution is 2.18. The Hall–Kier alpha value is -2.29. The number of hydrogen-bond donors (Lipinski definition) is 2. The van der Waals surface area contributed by atoms with Crippen molar-refractivity contribution in [3.8, 4) is 5.75 Å². The smallest absolute Gasteiger partial charge is 0.253 e. The molecule has 2 N–H and O–H groups in total. The molecule has 2 rings (SSSR count). The van der Waals surface area contributed by atoms with Crippen molar-refractivity contribution in [2.45, 2.75) is 20.0 Å². The molecule has 0 aromatic heterocycles. The van der Waals surface area contributed by atoms with E-state index in [2.05, 4.69) is 21.7 Å². The van der Waals surface area contributed by atoms with Gasteiger partial charge in [0.25, 0.3) is 5.91 Å². The summed E-state index contributed by atoms with van der Waals surface area (Å²) in [6, 6.07) is 13.7. The molecule has 0 saturated heterocycles. The van der Waals surface area contributed by atoms with E-state index in [9.17, 15) is 4.79 Å². The number of aliphatic imine (C=N–C) groups is 1. The van der Waals surface area contributed by atoms with Gasteiger partial charge in [0.15, 0.2) is 5.96 Å². The molecule has 0 spiro atoms. The van der Waals surface area contributed by atoms with Gasteiger partial charge in [0.1, 0.15) is 5.75 Å². The number of guanidine groups is 1. The first kappa shape index (κ1) is 23.7. The average molecular weight is 496 g/mol. The maximum absolute atomic E-state index is 11.9. The number of ether oxygens (including phenoxy) is 1. The summed E-state index contributed by atoms with van der Waals surface area (Å²) in [6.07, 6.45) is 0. The number of hydrogen-bond acceptors (Lipinski definition) is 3. The number of carbonyl (C=O) groups is 1. The zero-order chi connectivity index (χ0) is 19.8. The Morgan fingerprint density at radius 3 is 2.14 bits per heavy atom. The van der Waals surface area contributed by atoms with Crippen LogP contribution in [0.3, 0.4) is 0 Å². The third kappa shape index (κ3) is 6.70. The maximum Gasteiger partial charge on any atom is 0.253 e. The molecule has 0 saturated carbocycles. The van der Waals surface area contributed by atoms with Gasteiger partial charge in [-0.25, -0.2) is 0 Å². The van der Waals surface area contributed by atoms with Crippen LogP contribution in [0.1, 0.15) is 27.0 Å². The van der Waals surface area contributed by atoms with Crippen LogP contribution in [-0.2, 0) is 13.1 Å². The lowest BCUT2D eigenvalue weighted by Crippen LogP contribution is -2.36. The first-order valence-corrected chi connectivity index (χ1v) is 8.83. The third-order valence-corrected chi connectivity index (χ3v) is 4.22. The number of methoxy groups -OCH3 is 1. The van der Waals surface area contributed by atoms with E-state index in [0.717, 1.165) is 22.4 Å². The van der Waals surface area contributed by atoms with E-state index in [1.165, 1.54) is 0 Å². The molecule has 0 unspecified atom stereocenters. The van der Waals surface area contributed by atoms with Gasteiger partial charge in [-0.3, -0.25) is 9.79 Å². The van der Waals surface area contributed by atoms with Crippen molar-refractivity contribution in [2.75, 3.05) is 28.3 Å². The highest BCUT2D eigenvalue weighted by Gasteiger charge is 2.07. The number of amides is 1. The van der Waals surface area contributed by atoms with Crippen molar-refractivity contribution in [3.05, 3.63) is 64.7 Å². The molecule has 0 heterocycles. The highest BCUT2D eigenvalue weighted by atomic mass is 127. The van der Waals surface area contributed by atoms with Crippen molar-refractivity contribution >= 4 is 35.8 Å². The summed E-state index contributed by atoms with van der Waals surface area (Å²) in [5, 5.41) is 6.57. The Balaban J connectivity index is 0.00000392. The van der Waals surface area contributed by atoms with E-state index in [1.54, 1.807) is 33.2 Å². The van der Waals surface area contributed by atoms with Crippen LogP contribution in [0.2, 0.25) is 0 Å². The van der Waals surface area contributed by atoms with Crippen molar-refractivity contribution in [2.24, 2.45) is 4.99 Å². The van der Waals surface area contributed by atoms with E-state index in [-0.39, 0.29) is 29.9 Å². The summed E-state index contributed by atoms with van der Waals surface area (Å²) < 4.78 is 5.36. The van der Waals surface area contributed by atoms with E-state index in [0.29, 0.717) is 24.6 Å². The quantitative estimate of drug-likeness (QED) is 0.367. The molecule has 0 aliphatic carbocycles. The minimum atomic E-state index is 0. The van der Waals surface area contributed by atoms with Crippen LogP contribution < -0.4 is 15.4 Å². The number of carbonyl (C=O) groups excluding carboxylic acids is 1. The molecule has 0 atom stereocenters. The topological polar surface area (TPSA) is 66.0 Å². The summed E-state index contributed by atoms with van der Waals surface area (Å²) in [7, 11) is 6.91. The van der Waals surface area contributed by atoms with Crippen molar-refractivity contribution in [1.29, 1.82) is 0 Å². The summed E-state index contributed by atoms with van der Waals surface area (Å²) in [5.41, 5.74) is 3.98. The zero-order valence-electron chi connectivity index (χ0n) is 17.1. The van der Waals surface area contributed by atoms with E-state index in [4.69, 9.17) is 4.74 Å². The molecule has 2 aromatic rings. The first-order chi connectivity index (χ1) is 12.9. The summed E-state index contributed by atoms with van der Waals surface area (Å²) >= 11 is 0. The average Bonchev–Trinajstić information content (AvgIpc) is 2.69. The van der Waals surface area contributed by atoms with Crippen LogP contribution in [0.4, 0.5) is 0 Å². The first-order valence-electron chi connectivity index (χ1n) is 8.83. The summed E-state index contributed by atoms with van der Waals surface area (Å²) in [6.45, 7) is 3.29. The lowest BCUT2D eigenvalue weighted by atomic mass is 10.1. The molecule has 0 radical (unpaired) electrons. The molecule has 0 bridgehead atoms. The molecule has 6 nitrogen and oxygen atoms in total. The number of nitrogens with zero attached hydrogens (tertiary/aromatic N) is 2. The van der Waals surface area contributed by atoms with Gasteiger partial charge in [-0.05, 0) is 41.8 Å². The number of aryl methyl sites for hydroxylation is 1. The van der Waals surface area contributed by atoms with Gasteiger partial charge in [0.2, 0.25) is 0 Å². The number of nitrogens with one attached hydrogen (secondary N) is 2. The maximum atomic E-state index is 11.9. The Bertz CT molecular complexity index is 805. The zero-order valence-corrected chi connectivity index (χ0v) is 19.4. The monoisotopic (exact) mass is 496 g/mol. The van der Waals surface area contributed by atoms with Gasteiger partial charge in [0, 0.05) is 39.8 Å². The van der Waals surface area contributed by atoms with Crippen LogP contribution >= 0.6 is 24.0 Å². The molecule has 152 valence electrons. The predicted octanol–water partition coefficient (Wildman–Crippen LogP) is 3.19. The van der Waals surface area contributed by atoms with Crippen LogP contribution in [0.15, 0.2) is 47.5 Å². The molecule has 0 aliphatic rings. The molecule has 0 fully saturated rings. The fraction of sp³-hybridized carbons (Fsp3) is 0.333. The summed E-state index contributed by atoms with van der Waals surface area (Å²) in [4.78, 5) is 17.7. The normalized spacial score (nSPS) is 10.7.